The van der Waals surface area contributed by atoms with E-state index in [0.29, 0.717) is 33.0 Å². The van der Waals surface area contributed by atoms with E-state index in [0.717, 1.165) is 15.7 Å². The molecular weight excluding hydrogens is 549 g/mol. The summed E-state index contributed by atoms with van der Waals surface area (Å²) in [5.74, 6) is -1.02. The first kappa shape index (κ1) is 24.3. The van der Waals surface area contributed by atoms with Crippen molar-refractivity contribution in [3.63, 3.8) is 0 Å². The van der Waals surface area contributed by atoms with Crippen LogP contribution in [0.5, 0.6) is 5.75 Å². The first-order chi connectivity index (χ1) is 19.4. The van der Waals surface area contributed by atoms with Crippen molar-refractivity contribution in [2.75, 3.05) is 12.0 Å². The van der Waals surface area contributed by atoms with Gasteiger partial charge in [-0.1, -0.05) is 47.5 Å². The van der Waals surface area contributed by atoms with Crippen molar-refractivity contribution in [1.82, 2.24) is 9.38 Å². The van der Waals surface area contributed by atoms with E-state index in [1.54, 1.807) is 47.0 Å². The summed E-state index contributed by atoms with van der Waals surface area (Å²) in [5.41, 5.74) is 2.51. The van der Waals surface area contributed by atoms with Crippen molar-refractivity contribution < 1.29 is 19.1 Å². The number of hydrogen-bond acceptors (Lipinski definition) is 5. The van der Waals surface area contributed by atoms with Crippen molar-refractivity contribution in [3.8, 4) is 5.75 Å². The Labute approximate surface area is 237 Å². The van der Waals surface area contributed by atoms with Gasteiger partial charge in [0.25, 0.3) is 11.8 Å². The molecule has 0 unspecified atom stereocenters. The number of pyridine rings is 2. The number of fused-ring (bicyclic) bond motifs is 7. The predicted octanol–water partition coefficient (Wildman–Crippen LogP) is 6.99. The number of halogens is 2. The van der Waals surface area contributed by atoms with Gasteiger partial charge in [0, 0.05) is 22.5 Å². The lowest BCUT2D eigenvalue weighted by molar-refractivity contribution is 0.0919. The van der Waals surface area contributed by atoms with Crippen LogP contribution in [-0.4, -0.2) is 34.1 Å². The number of anilines is 1. The van der Waals surface area contributed by atoms with Gasteiger partial charge in [0.15, 0.2) is 0 Å². The second kappa shape index (κ2) is 8.91. The number of aromatic nitrogens is 2. The normalized spacial score (nSPS) is 13.0. The first-order valence-corrected chi connectivity index (χ1v) is 13.0. The Kier molecular flexibility index (Phi) is 5.42. The molecule has 1 aliphatic rings. The number of benzene rings is 3. The summed E-state index contributed by atoms with van der Waals surface area (Å²) in [5, 5.41) is 2.13. The van der Waals surface area contributed by atoms with Gasteiger partial charge in [0.1, 0.15) is 11.4 Å². The van der Waals surface area contributed by atoms with Gasteiger partial charge in [0.05, 0.1) is 50.5 Å². The third-order valence-electron chi connectivity index (χ3n) is 7.19. The Morgan fingerprint density at radius 1 is 0.825 bits per heavy atom. The number of ketones is 1. The molecule has 0 atom stereocenters. The lowest BCUT2D eigenvalue weighted by Crippen LogP contribution is -2.30. The molecule has 1 aliphatic heterocycles. The van der Waals surface area contributed by atoms with Gasteiger partial charge in [-0.15, -0.1) is 0 Å². The van der Waals surface area contributed by atoms with Crippen LogP contribution in [0.25, 0.3) is 27.3 Å². The van der Waals surface area contributed by atoms with Crippen LogP contribution >= 0.6 is 23.2 Å². The Hall–Kier alpha value is -4.72. The predicted molar refractivity (Wildman–Crippen MR) is 154 cm³/mol. The number of methoxy groups -OCH3 is 1. The quantitative estimate of drug-likeness (QED) is 0.131. The minimum Gasteiger partial charge on any atom is -0.497 e. The highest BCUT2D eigenvalue weighted by Gasteiger charge is 2.44. The molecule has 0 N–H and O–H groups in total. The molecule has 40 heavy (non-hydrogen) atoms. The fraction of sp³-hybridized carbons (Fsp3) is 0.0323. The van der Waals surface area contributed by atoms with Gasteiger partial charge >= 0.3 is 0 Å². The van der Waals surface area contributed by atoms with E-state index in [-0.39, 0.29) is 27.4 Å². The molecule has 7 rings (SSSR count). The molecule has 2 amide bonds. The summed E-state index contributed by atoms with van der Waals surface area (Å²) >= 11 is 12.4. The van der Waals surface area contributed by atoms with E-state index in [9.17, 15) is 14.4 Å². The van der Waals surface area contributed by atoms with Crippen LogP contribution in [0, 0.1) is 0 Å². The molecule has 194 valence electrons. The highest BCUT2D eigenvalue weighted by Crippen LogP contribution is 2.39. The van der Waals surface area contributed by atoms with E-state index in [1.807, 2.05) is 30.3 Å². The van der Waals surface area contributed by atoms with Crippen molar-refractivity contribution in [3.05, 3.63) is 117 Å². The van der Waals surface area contributed by atoms with Crippen LogP contribution in [0.2, 0.25) is 10.0 Å². The zero-order chi connectivity index (χ0) is 27.7. The number of amides is 2. The fourth-order valence-electron chi connectivity index (χ4n) is 5.36. The summed E-state index contributed by atoms with van der Waals surface area (Å²) < 4.78 is 6.90. The lowest BCUT2D eigenvalue weighted by Gasteiger charge is -2.17. The van der Waals surface area contributed by atoms with Gasteiger partial charge in [-0.05, 0) is 54.6 Å². The van der Waals surface area contributed by atoms with Crippen LogP contribution < -0.4 is 9.64 Å². The van der Waals surface area contributed by atoms with Gasteiger partial charge in [0.2, 0.25) is 5.78 Å². The summed E-state index contributed by atoms with van der Waals surface area (Å²) in [6.07, 6.45) is 1.67. The molecule has 0 spiro atoms. The number of hydrogen-bond donors (Lipinski definition) is 0. The minimum absolute atomic E-state index is 0.0253. The number of ether oxygens (including phenoxy) is 1. The van der Waals surface area contributed by atoms with E-state index in [2.05, 4.69) is 4.98 Å². The topological polar surface area (TPSA) is 81.0 Å². The molecule has 9 heteroatoms. The minimum atomic E-state index is -0.598. The maximum atomic E-state index is 14.3. The highest BCUT2D eigenvalue weighted by molar-refractivity contribution is 6.43. The molecule has 4 heterocycles. The third kappa shape index (κ3) is 3.38. The molecule has 7 nitrogen and oxygen atoms in total. The first-order valence-electron chi connectivity index (χ1n) is 12.3. The average molecular weight is 566 g/mol. The number of carbonyl (C=O) groups is 3. The largest absolute Gasteiger partial charge is 0.497 e. The lowest BCUT2D eigenvalue weighted by atomic mass is 10.0. The number of imide groups is 1. The molecular formula is C31H17Cl2N3O4. The Morgan fingerprint density at radius 2 is 1.55 bits per heavy atom. The maximum absolute atomic E-state index is 14.3. The van der Waals surface area contributed by atoms with Gasteiger partial charge in [-0.2, -0.15) is 0 Å². The van der Waals surface area contributed by atoms with E-state index in [1.165, 1.54) is 19.2 Å². The Morgan fingerprint density at radius 3 is 2.30 bits per heavy atom. The van der Waals surface area contributed by atoms with Crippen molar-refractivity contribution in [1.29, 1.82) is 0 Å². The van der Waals surface area contributed by atoms with E-state index >= 15 is 0 Å². The summed E-state index contributed by atoms with van der Waals surface area (Å²) in [6.45, 7) is 0. The monoisotopic (exact) mass is 565 g/mol. The molecule has 0 radical (unpaired) electrons. The van der Waals surface area contributed by atoms with Gasteiger partial charge < -0.3 is 9.14 Å². The van der Waals surface area contributed by atoms with E-state index in [4.69, 9.17) is 27.9 Å². The molecule has 0 saturated carbocycles. The summed E-state index contributed by atoms with van der Waals surface area (Å²) in [6, 6.07) is 22.3. The van der Waals surface area contributed by atoms with Crippen LogP contribution in [0.4, 0.5) is 5.69 Å². The molecule has 3 aromatic carbocycles. The zero-order valence-electron chi connectivity index (χ0n) is 20.8. The smallest absolute Gasteiger partial charge is 0.268 e. The molecule has 0 fully saturated rings. The number of carbonyl (C=O) groups excluding carboxylic acids is 3. The maximum Gasteiger partial charge on any atom is 0.268 e. The third-order valence-corrected chi connectivity index (χ3v) is 7.93. The van der Waals surface area contributed by atoms with E-state index < -0.39 is 17.6 Å². The molecule has 0 bridgehead atoms. The molecule has 6 aromatic rings. The fourth-order valence-corrected chi connectivity index (χ4v) is 5.66. The van der Waals surface area contributed by atoms with Crippen LogP contribution in [0.3, 0.4) is 0 Å². The molecule has 0 aliphatic carbocycles. The van der Waals surface area contributed by atoms with Crippen LogP contribution in [0.1, 0.15) is 36.8 Å². The number of rotatable bonds is 4. The number of nitrogens with zero attached hydrogens (tertiary/aromatic N) is 3. The Balaban J connectivity index is 1.57. The van der Waals surface area contributed by atoms with Gasteiger partial charge in [-0.3, -0.25) is 19.4 Å². The summed E-state index contributed by atoms with van der Waals surface area (Å²) in [7, 11) is 1.53. The second-order valence-electron chi connectivity index (χ2n) is 9.33. The summed E-state index contributed by atoms with van der Waals surface area (Å²) in [4.78, 5) is 47.9. The van der Waals surface area contributed by atoms with Gasteiger partial charge in [-0.25, -0.2) is 4.90 Å². The van der Waals surface area contributed by atoms with Crippen molar-refractivity contribution in [2.45, 2.75) is 0 Å². The molecule has 3 aromatic heterocycles. The molecule has 0 saturated heterocycles. The van der Waals surface area contributed by atoms with Crippen molar-refractivity contribution >= 4 is 73.8 Å². The SMILES string of the molecule is COc1ccc(N2C(=O)c3c(c4ccc5ccc6cccnc6c5n4c3C(=O)c3ccc(Cl)c(Cl)c3)C2=O)cc1. The zero-order valence-corrected chi connectivity index (χ0v) is 22.3. The standard InChI is InChI=1S/C31H17Cl2N3O4/c1-40-20-10-8-19(9-11-20)35-30(38)24-23-13-7-17-5-4-16-3-2-14-34-26(16)27(17)36(23)28(25(24)31(35)39)29(37)18-6-12-21(32)22(33)15-18/h2-15H,1H3. The Bertz CT molecular complexity index is 2080. The average Bonchev–Trinajstić information content (AvgIpc) is 3.46. The van der Waals surface area contributed by atoms with Crippen LogP contribution in [-0.2, 0) is 0 Å². The highest BCUT2D eigenvalue weighted by atomic mass is 35.5. The second-order valence-corrected chi connectivity index (χ2v) is 10.1. The van der Waals surface area contributed by atoms with Crippen LogP contribution in [0.15, 0.2) is 85.1 Å². The van der Waals surface area contributed by atoms with Crippen molar-refractivity contribution in [2.24, 2.45) is 0 Å².